The number of Topliss-reactive ketones (excluding diaryl/α,β-unsaturated/α-hetero) is 1. The summed E-state index contributed by atoms with van der Waals surface area (Å²) in [6.45, 7) is 10.6. The van der Waals surface area contributed by atoms with E-state index in [-0.39, 0.29) is 17.1 Å². The molecule has 0 unspecified atom stereocenters. The van der Waals surface area contributed by atoms with Crippen molar-refractivity contribution in [1.29, 1.82) is 0 Å². The molecule has 0 saturated heterocycles. The molecule has 0 bridgehead atoms. The first-order valence-corrected chi connectivity index (χ1v) is 12.2. The van der Waals surface area contributed by atoms with Crippen molar-refractivity contribution in [3.63, 3.8) is 0 Å². The van der Waals surface area contributed by atoms with Crippen LogP contribution in [-0.4, -0.2) is 48.5 Å². The largest absolute Gasteiger partial charge is 0.382 e. The Labute approximate surface area is 196 Å². The molecule has 0 amide bonds. The zero-order valence-corrected chi connectivity index (χ0v) is 20.3. The molecule has 0 aliphatic carbocycles. The van der Waals surface area contributed by atoms with Crippen molar-refractivity contribution < 1.29 is 9.53 Å². The van der Waals surface area contributed by atoms with Crippen molar-refractivity contribution in [2.75, 3.05) is 19.0 Å². The van der Waals surface area contributed by atoms with Gasteiger partial charge in [-0.3, -0.25) is 18.6 Å². The standard InChI is InChI=1S/C24H29N5O3S/c1-5-27-16(3)14-19(17(27)4)21(30)15-33-24-26-25-23-28(12-9-13-32-6-2)22(31)18-10-7-8-11-20(18)29(23)24/h7-8,10-11,14H,5-6,9,12-13,15H2,1-4H3. The number of hydrogen-bond donors (Lipinski definition) is 0. The molecule has 0 fully saturated rings. The fourth-order valence-corrected chi connectivity index (χ4v) is 5.10. The van der Waals surface area contributed by atoms with Crippen LogP contribution in [0.5, 0.6) is 0 Å². The lowest BCUT2D eigenvalue weighted by molar-refractivity contribution is 0.102. The number of fused-ring (bicyclic) bond motifs is 3. The van der Waals surface area contributed by atoms with Gasteiger partial charge in [0.05, 0.1) is 16.7 Å². The Kier molecular flexibility index (Phi) is 6.99. The second-order valence-corrected chi connectivity index (χ2v) is 8.83. The SMILES string of the molecule is CCOCCCn1c(=O)c2ccccc2n2c(SCC(=O)c3cc(C)n(CC)c3C)nnc12. The van der Waals surface area contributed by atoms with Crippen molar-refractivity contribution in [1.82, 2.24) is 23.7 Å². The van der Waals surface area contributed by atoms with Crippen molar-refractivity contribution in [3.05, 3.63) is 57.6 Å². The highest BCUT2D eigenvalue weighted by molar-refractivity contribution is 7.99. The zero-order valence-electron chi connectivity index (χ0n) is 19.5. The predicted molar refractivity (Wildman–Crippen MR) is 130 cm³/mol. The molecule has 0 aliphatic heterocycles. The summed E-state index contributed by atoms with van der Waals surface area (Å²) in [7, 11) is 0. The van der Waals surface area contributed by atoms with Gasteiger partial charge in [0.1, 0.15) is 0 Å². The van der Waals surface area contributed by atoms with Crippen molar-refractivity contribution in [3.8, 4) is 0 Å². The number of aryl methyl sites for hydroxylation is 2. The predicted octanol–water partition coefficient (Wildman–Crippen LogP) is 3.88. The first-order chi connectivity index (χ1) is 16.0. The summed E-state index contributed by atoms with van der Waals surface area (Å²) in [6.07, 6.45) is 0.697. The summed E-state index contributed by atoms with van der Waals surface area (Å²) < 4.78 is 11.1. The van der Waals surface area contributed by atoms with Gasteiger partial charge in [0.25, 0.3) is 5.56 Å². The Morgan fingerprint density at radius 2 is 1.91 bits per heavy atom. The molecule has 1 aromatic carbocycles. The molecule has 33 heavy (non-hydrogen) atoms. The minimum Gasteiger partial charge on any atom is -0.382 e. The normalized spacial score (nSPS) is 11.6. The molecule has 0 atom stereocenters. The van der Waals surface area contributed by atoms with Gasteiger partial charge >= 0.3 is 0 Å². The van der Waals surface area contributed by atoms with Gasteiger partial charge in [0.2, 0.25) is 5.78 Å². The van der Waals surface area contributed by atoms with Crippen LogP contribution in [0.2, 0.25) is 0 Å². The first-order valence-electron chi connectivity index (χ1n) is 11.2. The average Bonchev–Trinajstić information content (AvgIpc) is 3.37. The molecule has 8 nitrogen and oxygen atoms in total. The zero-order chi connectivity index (χ0) is 23.5. The third kappa shape index (κ3) is 4.35. The Hall–Kier alpha value is -2.91. The third-order valence-electron chi connectivity index (χ3n) is 5.88. The Morgan fingerprint density at radius 1 is 1.12 bits per heavy atom. The van der Waals surface area contributed by atoms with Gasteiger partial charge in [0.15, 0.2) is 10.9 Å². The highest BCUT2D eigenvalue weighted by Crippen LogP contribution is 2.24. The highest BCUT2D eigenvalue weighted by atomic mass is 32.2. The van der Waals surface area contributed by atoms with E-state index in [0.717, 1.165) is 29.0 Å². The summed E-state index contributed by atoms with van der Waals surface area (Å²) in [6, 6.07) is 9.40. The number of carbonyl (C=O) groups is 1. The number of rotatable bonds is 10. The molecule has 3 aromatic heterocycles. The quantitative estimate of drug-likeness (QED) is 0.200. The molecule has 3 heterocycles. The van der Waals surface area contributed by atoms with Crippen LogP contribution in [0.4, 0.5) is 0 Å². The van der Waals surface area contributed by atoms with Gasteiger partial charge in [-0.25, -0.2) is 0 Å². The number of para-hydroxylation sites is 1. The topological polar surface area (TPSA) is 83.4 Å². The van der Waals surface area contributed by atoms with Gasteiger partial charge in [-0.15, -0.1) is 10.2 Å². The van der Waals surface area contributed by atoms with Crippen molar-refractivity contribution in [2.45, 2.75) is 52.4 Å². The minimum atomic E-state index is -0.0957. The van der Waals surface area contributed by atoms with Crippen LogP contribution in [0.25, 0.3) is 16.7 Å². The van der Waals surface area contributed by atoms with E-state index < -0.39 is 0 Å². The van der Waals surface area contributed by atoms with Gasteiger partial charge in [-0.2, -0.15) is 0 Å². The van der Waals surface area contributed by atoms with Crippen LogP contribution in [-0.2, 0) is 17.8 Å². The number of carbonyl (C=O) groups excluding carboxylic acids is 1. The van der Waals surface area contributed by atoms with E-state index in [1.165, 1.54) is 11.8 Å². The van der Waals surface area contributed by atoms with Crippen LogP contribution in [0.3, 0.4) is 0 Å². The number of ketones is 1. The Bertz CT molecular complexity index is 1370. The second-order valence-electron chi connectivity index (χ2n) is 7.88. The van der Waals surface area contributed by atoms with Gasteiger partial charge in [-0.05, 0) is 52.3 Å². The fourth-order valence-electron chi connectivity index (χ4n) is 4.28. The fraction of sp³-hybridized carbons (Fsp3) is 0.417. The smallest absolute Gasteiger partial charge is 0.262 e. The summed E-state index contributed by atoms with van der Waals surface area (Å²) in [4.78, 5) is 26.1. The molecule has 174 valence electrons. The minimum absolute atomic E-state index is 0.0545. The van der Waals surface area contributed by atoms with Gasteiger partial charge in [0, 0.05) is 43.3 Å². The maximum absolute atomic E-state index is 13.1. The van der Waals surface area contributed by atoms with E-state index in [1.54, 1.807) is 4.57 Å². The molecular weight excluding hydrogens is 438 g/mol. The first kappa shape index (κ1) is 23.3. The maximum Gasteiger partial charge on any atom is 0.262 e. The number of hydrogen-bond acceptors (Lipinski definition) is 6. The molecule has 0 radical (unpaired) electrons. The van der Waals surface area contributed by atoms with E-state index in [1.807, 2.05) is 55.5 Å². The molecule has 4 rings (SSSR count). The van der Waals surface area contributed by atoms with E-state index in [4.69, 9.17) is 4.74 Å². The Balaban J connectivity index is 1.68. The second kappa shape index (κ2) is 9.93. The number of benzene rings is 1. The van der Waals surface area contributed by atoms with E-state index in [2.05, 4.69) is 21.7 Å². The molecule has 0 aliphatic rings. The summed E-state index contributed by atoms with van der Waals surface area (Å²) in [5.74, 6) is 0.778. The molecular formula is C24H29N5O3S. The third-order valence-corrected chi connectivity index (χ3v) is 6.80. The lowest BCUT2D eigenvalue weighted by Gasteiger charge is -2.11. The maximum atomic E-state index is 13.1. The molecule has 0 saturated carbocycles. The lowest BCUT2D eigenvalue weighted by atomic mass is 10.2. The summed E-state index contributed by atoms with van der Waals surface area (Å²) in [5.41, 5.74) is 3.45. The van der Waals surface area contributed by atoms with Crippen LogP contribution >= 0.6 is 11.8 Å². The lowest BCUT2D eigenvalue weighted by Crippen LogP contribution is -2.24. The van der Waals surface area contributed by atoms with Crippen molar-refractivity contribution in [2.24, 2.45) is 0 Å². The monoisotopic (exact) mass is 467 g/mol. The summed E-state index contributed by atoms with van der Waals surface area (Å²) >= 11 is 1.34. The molecule has 4 aromatic rings. The number of thioether (sulfide) groups is 1. The number of aromatic nitrogens is 5. The van der Waals surface area contributed by atoms with Crippen LogP contribution in [0.1, 0.15) is 42.0 Å². The van der Waals surface area contributed by atoms with Crippen LogP contribution in [0, 0.1) is 13.8 Å². The van der Waals surface area contributed by atoms with Gasteiger partial charge < -0.3 is 9.30 Å². The summed E-state index contributed by atoms with van der Waals surface area (Å²) in [5, 5.41) is 9.87. The van der Waals surface area contributed by atoms with Gasteiger partial charge in [-0.1, -0.05) is 23.9 Å². The van der Waals surface area contributed by atoms with Crippen LogP contribution < -0.4 is 5.56 Å². The van der Waals surface area contributed by atoms with E-state index in [9.17, 15) is 9.59 Å². The average molecular weight is 468 g/mol. The van der Waals surface area contributed by atoms with Crippen molar-refractivity contribution >= 4 is 34.2 Å². The van der Waals surface area contributed by atoms with E-state index >= 15 is 0 Å². The molecule has 0 N–H and O–H groups in total. The van der Waals surface area contributed by atoms with Crippen LogP contribution in [0.15, 0.2) is 40.3 Å². The number of nitrogens with zero attached hydrogens (tertiary/aromatic N) is 5. The number of ether oxygens (including phenoxy) is 1. The Morgan fingerprint density at radius 3 is 2.64 bits per heavy atom. The molecule has 0 spiro atoms. The van der Waals surface area contributed by atoms with E-state index in [0.29, 0.717) is 42.5 Å². The molecule has 9 heteroatoms. The highest BCUT2D eigenvalue weighted by Gasteiger charge is 2.19.